The minimum absolute atomic E-state index is 0.0871. The molecule has 1 fully saturated rings. The quantitative estimate of drug-likeness (QED) is 0.438. The van der Waals surface area contributed by atoms with Crippen molar-refractivity contribution < 1.29 is 17.3 Å². The first-order valence-electron chi connectivity index (χ1n) is 9.08. The van der Waals surface area contributed by atoms with Crippen molar-refractivity contribution in [3.63, 3.8) is 0 Å². The largest absolute Gasteiger partial charge is 0.490 e. The fourth-order valence-corrected chi connectivity index (χ4v) is 4.89. The van der Waals surface area contributed by atoms with Crippen LogP contribution in [0, 0.1) is 6.92 Å². The molecule has 150 valence electrons. The highest BCUT2D eigenvalue weighted by molar-refractivity contribution is 9.10. The van der Waals surface area contributed by atoms with Crippen molar-refractivity contribution in [1.82, 2.24) is 4.90 Å². The summed E-state index contributed by atoms with van der Waals surface area (Å²) in [6, 6.07) is 10.0. The average molecular weight is 484 g/mol. The van der Waals surface area contributed by atoms with Gasteiger partial charge in [-0.05, 0) is 66.9 Å². The van der Waals surface area contributed by atoms with Gasteiger partial charge in [-0.2, -0.15) is 8.42 Å². The summed E-state index contributed by atoms with van der Waals surface area (Å²) in [6.07, 6.45) is 2.24. The highest BCUT2D eigenvalue weighted by atomic mass is 79.9. The Labute approximate surface area is 179 Å². The second kappa shape index (κ2) is 8.80. The van der Waals surface area contributed by atoms with Crippen molar-refractivity contribution in [3.05, 3.63) is 52.0 Å². The van der Waals surface area contributed by atoms with Gasteiger partial charge in [0.2, 0.25) is 0 Å². The summed E-state index contributed by atoms with van der Waals surface area (Å²) in [4.78, 5) is 2.97. The molecule has 0 radical (unpaired) electrons. The molecule has 1 saturated heterocycles. The van der Waals surface area contributed by atoms with Crippen molar-refractivity contribution in [2.75, 3.05) is 19.7 Å². The van der Waals surface area contributed by atoms with Gasteiger partial charge in [0.25, 0.3) is 0 Å². The van der Waals surface area contributed by atoms with Gasteiger partial charge in [0.15, 0.2) is 11.5 Å². The first-order chi connectivity index (χ1) is 13.3. The van der Waals surface area contributed by atoms with Gasteiger partial charge in [-0.25, -0.2) is 0 Å². The van der Waals surface area contributed by atoms with Crippen LogP contribution in [0.4, 0.5) is 0 Å². The number of benzene rings is 2. The number of aryl methyl sites for hydroxylation is 1. The second-order valence-corrected chi connectivity index (χ2v) is 9.36. The summed E-state index contributed by atoms with van der Waals surface area (Å²) in [7, 11) is -4.00. The zero-order chi connectivity index (χ0) is 20.3. The molecular weight excluding hydrogens is 462 g/mol. The Balaban J connectivity index is 1.95. The molecule has 0 aromatic heterocycles. The third-order valence-corrected chi connectivity index (χ3v) is 6.77. The van der Waals surface area contributed by atoms with E-state index in [4.69, 9.17) is 21.1 Å². The number of hydrogen-bond acceptors (Lipinski definition) is 5. The van der Waals surface area contributed by atoms with E-state index >= 15 is 0 Å². The first kappa shape index (κ1) is 21.1. The molecule has 1 heterocycles. The van der Waals surface area contributed by atoms with Gasteiger partial charge in [-0.15, -0.1) is 0 Å². The van der Waals surface area contributed by atoms with Crippen LogP contribution < -0.4 is 8.92 Å². The lowest BCUT2D eigenvalue weighted by molar-refractivity contribution is 0.327. The van der Waals surface area contributed by atoms with Crippen LogP contribution in [-0.4, -0.2) is 38.0 Å². The summed E-state index contributed by atoms with van der Waals surface area (Å²) in [5, 5.41) is 0. The molecule has 0 saturated carbocycles. The highest BCUT2D eigenvalue weighted by Crippen LogP contribution is 2.39. The standard InChI is InChI=1S/C20H22BrNO4S2/c1-3-25-18-13-15(20(27)22-10-4-5-11-22)12-17(21)19(18)26-28(23,24)16-8-6-14(2)7-9-16/h6-9,12-13H,3-5,10-11H2,1-2H3. The summed E-state index contributed by atoms with van der Waals surface area (Å²) in [5.74, 6) is 0.458. The van der Waals surface area contributed by atoms with E-state index in [2.05, 4.69) is 20.8 Å². The molecular formula is C20H22BrNO4S2. The van der Waals surface area contributed by atoms with Gasteiger partial charge in [0.1, 0.15) is 9.88 Å². The molecule has 2 aromatic rings. The van der Waals surface area contributed by atoms with Crippen LogP contribution in [-0.2, 0) is 10.1 Å². The predicted molar refractivity (Wildman–Crippen MR) is 117 cm³/mol. The Hall–Kier alpha value is -1.64. The van der Waals surface area contributed by atoms with Crippen molar-refractivity contribution in [1.29, 1.82) is 0 Å². The van der Waals surface area contributed by atoms with E-state index < -0.39 is 10.1 Å². The van der Waals surface area contributed by atoms with E-state index in [0.717, 1.165) is 42.0 Å². The highest BCUT2D eigenvalue weighted by Gasteiger charge is 2.24. The maximum Gasteiger partial charge on any atom is 0.339 e. The molecule has 8 heteroatoms. The molecule has 1 aliphatic rings. The molecule has 5 nitrogen and oxygen atoms in total. The Kier molecular flexibility index (Phi) is 6.62. The third kappa shape index (κ3) is 4.67. The van der Waals surface area contributed by atoms with Crippen LogP contribution in [0.3, 0.4) is 0 Å². The summed E-state index contributed by atoms with van der Waals surface area (Å²) in [6.45, 7) is 5.95. The normalized spacial score (nSPS) is 14.2. The molecule has 0 atom stereocenters. The summed E-state index contributed by atoms with van der Waals surface area (Å²) < 4.78 is 37.0. The second-order valence-electron chi connectivity index (χ2n) is 6.57. The van der Waals surface area contributed by atoms with Crippen LogP contribution in [0.5, 0.6) is 11.5 Å². The first-order valence-corrected chi connectivity index (χ1v) is 11.7. The van der Waals surface area contributed by atoms with Gasteiger partial charge < -0.3 is 13.8 Å². The number of halogens is 1. The zero-order valence-electron chi connectivity index (χ0n) is 15.8. The molecule has 0 bridgehead atoms. The van der Waals surface area contributed by atoms with E-state index in [1.54, 1.807) is 24.3 Å². The number of rotatable bonds is 6. The van der Waals surface area contributed by atoms with Crippen LogP contribution >= 0.6 is 28.1 Å². The Morgan fingerprint density at radius 3 is 2.43 bits per heavy atom. The van der Waals surface area contributed by atoms with Crippen molar-refractivity contribution >= 4 is 43.3 Å². The smallest absolute Gasteiger partial charge is 0.339 e. The molecule has 0 aliphatic carbocycles. The predicted octanol–water partition coefficient (Wildman–Crippen LogP) is 4.70. The summed E-state index contributed by atoms with van der Waals surface area (Å²) >= 11 is 9.05. The molecule has 3 rings (SSSR count). The van der Waals surface area contributed by atoms with Gasteiger partial charge in [0, 0.05) is 18.7 Å². The fourth-order valence-electron chi connectivity index (χ4n) is 3.00. The van der Waals surface area contributed by atoms with E-state index in [0.29, 0.717) is 16.8 Å². The molecule has 0 unspecified atom stereocenters. The van der Waals surface area contributed by atoms with Gasteiger partial charge >= 0.3 is 10.1 Å². The topological polar surface area (TPSA) is 55.8 Å². The molecule has 2 aromatic carbocycles. The zero-order valence-corrected chi connectivity index (χ0v) is 19.0. The minimum Gasteiger partial charge on any atom is -0.490 e. The third-order valence-electron chi connectivity index (χ3n) is 4.45. The molecule has 1 aliphatic heterocycles. The van der Waals surface area contributed by atoms with E-state index in [1.165, 1.54) is 12.1 Å². The van der Waals surface area contributed by atoms with Crippen LogP contribution in [0.2, 0.25) is 0 Å². The van der Waals surface area contributed by atoms with Gasteiger partial charge in [-0.3, -0.25) is 0 Å². The monoisotopic (exact) mass is 483 g/mol. The molecule has 0 amide bonds. The maximum absolute atomic E-state index is 12.7. The van der Waals surface area contributed by atoms with E-state index in [-0.39, 0.29) is 10.6 Å². The van der Waals surface area contributed by atoms with Gasteiger partial charge in [-0.1, -0.05) is 29.9 Å². The SMILES string of the molecule is CCOc1cc(C(=S)N2CCCC2)cc(Br)c1OS(=O)(=O)c1ccc(C)cc1. The maximum atomic E-state index is 12.7. The van der Waals surface area contributed by atoms with Gasteiger partial charge in [0.05, 0.1) is 11.1 Å². The Morgan fingerprint density at radius 1 is 1.18 bits per heavy atom. The van der Waals surface area contributed by atoms with E-state index in [1.807, 2.05) is 13.8 Å². The van der Waals surface area contributed by atoms with Crippen molar-refractivity contribution in [2.45, 2.75) is 31.6 Å². The van der Waals surface area contributed by atoms with Crippen molar-refractivity contribution in [2.24, 2.45) is 0 Å². The van der Waals surface area contributed by atoms with Crippen molar-refractivity contribution in [3.8, 4) is 11.5 Å². The molecule has 0 N–H and O–H groups in total. The summed E-state index contributed by atoms with van der Waals surface area (Å²) in [5.41, 5.74) is 1.77. The lowest BCUT2D eigenvalue weighted by Gasteiger charge is -2.21. The van der Waals surface area contributed by atoms with E-state index in [9.17, 15) is 8.42 Å². The number of nitrogens with zero attached hydrogens (tertiary/aromatic N) is 1. The number of thiocarbonyl (C=S) groups is 1. The van der Waals surface area contributed by atoms with Crippen LogP contribution in [0.25, 0.3) is 0 Å². The minimum atomic E-state index is -4.00. The molecule has 28 heavy (non-hydrogen) atoms. The number of ether oxygens (including phenoxy) is 1. The molecule has 0 spiro atoms. The van der Waals surface area contributed by atoms with Crippen LogP contribution in [0.1, 0.15) is 30.9 Å². The Bertz CT molecular complexity index is 968. The number of hydrogen-bond donors (Lipinski definition) is 0. The fraction of sp³-hybridized carbons (Fsp3) is 0.350. The lowest BCUT2D eigenvalue weighted by atomic mass is 10.2. The van der Waals surface area contributed by atoms with Crippen LogP contribution in [0.15, 0.2) is 45.8 Å². The Morgan fingerprint density at radius 2 is 1.82 bits per heavy atom. The lowest BCUT2D eigenvalue weighted by Crippen LogP contribution is -2.26. The number of likely N-dealkylation sites (tertiary alicyclic amines) is 1. The average Bonchev–Trinajstić information content (AvgIpc) is 3.19.